The van der Waals surface area contributed by atoms with Crippen LogP contribution in [0.1, 0.15) is 6.42 Å². The molecule has 1 aromatic heterocycles. The van der Waals surface area contributed by atoms with Crippen LogP contribution in [-0.2, 0) is 0 Å². The fourth-order valence-corrected chi connectivity index (χ4v) is 1.05. The Kier molecular flexibility index (Phi) is 3.92. The third-order valence-electron chi connectivity index (χ3n) is 1.21. The molecule has 0 spiro atoms. The molecular weight excluding hydrogens is 211 g/mol. The van der Waals surface area contributed by atoms with Gasteiger partial charge < -0.3 is 5.32 Å². The first-order valence-corrected chi connectivity index (χ1v) is 4.40. The van der Waals surface area contributed by atoms with Crippen molar-refractivity contribution >= 4 is 29.2 Å². The maximum Gasteiger partial charge on any atom is 0.228 e. The molecule has 1 aromatic rings. The van der Waals surface area contributed by atoms with Gasteiger partial charge in [0.25, 0.3) is 0 Å². The van der Waals surface area contributed by atoms with Crippen molar-refractivity contribution in [1.29, 1.82) is 0 Å². The molecule has 0 aliphatic carbocycles. The van der Waals surface area contributed by atoms with Crippen LogP contribution in [0.25, 0.3) is 0 Å². The summed E-state index contributed by atoms with van der Waals surface area (Å²) in [6, 6.07) is 0. The maximum atomic E-state index is 5.56. The van der Waals surface area contributed by atoms with E-state index in [1.54, 1.807) is 6.08 Å². The lowest BCUT2D eigenvalue weighted by atomic mass is 10.4. The first-order valence-electron chi connectivity index (χ1n) is 3.64. The van der Waals surface area contributed by atoms with Gasteiger partial charge in [0.2, 0.25) is 16.5 Å². The molecule has 6 heteroatoms. The van der Waals surface area contributed by atoms with Gasteiger partial charge in [-0.25, -0.2) is 0 Å². The van der Waals surface area contributed by atoms with Gasteiger partial charge in [0.05, 0.1) is 0 Å². The summed E-state index contributed by atoms with van der Waals surface area (Å²) in [6.45, 7) is 4.28. The summed E-state index contributed by atoms with van der Waals surface area (Å²) in [4.78, 5) is 11.2. The van der Waals surface area contributed by atoms with E-state index in [9.17, 15) is 0 Å². The Hall–Kier alpha value is -0.870. The highest BCUT2D eigenvalue weighted by atomic mass is 35.5. The second kappa shape index (κ2) is 4.99. The van der Waals surface area contributed by atoms with Crippen molar-refractivity contribution in [2.45, 2.75) is 6.42 Å². The van der Waals surface area contributed by atoms with Crippen molar-refractivity contribution in [3.63, 3.8) is 0 Å². The molecule has 1 heterocycles. The van der Waals surface area contributed by atoms with Crippen LogP contribution in [0.2, 0.25) is 10.6 Å². The minimum absolute atomic E-state index is 0.0844. The van der Waals surface area contributed by atoms with E-state index < -0.39 is 0 Å². The third-order valence-corrected chi connectivity index (χ3v) is 1.55. The van der Waals surface area contributed by atoms with Crippen LogP contribution < -0.4 is 5.32 Å². The maximum absolute atomic E-state index is 5.56. The predicted molar refractivity (Wildman–Crippen MR) is 53.2 cm³/mol. The Balaban J connectivity index is 2.60. The van der Waals surface area contributed by atoms with Crippen molar-refractivity contribution < 1.29 is 0 Å². The fraction of sp³-hybridized carbons (Fsp3) is 0.286. The van der Waals surface area contributed by atoms with Crippen LogP contribution in [0.5, 0.6) is 0 Å². The van der Waals surface area contributed by atoms with Gasteiger partial charge in [0.1, 0.15) is 0 Å². The van der Waals surface area contributed by atoms with Crippen molar-refractivity contribution in [2.24, 2.45) is 0 Å². The monoisotopic (exact) mass is 218 g/mol. The number of anilines is 1. The first-order chi connectivity index (χ1) is 6.22. The highest BCUT2D eigenvalue weighted by Crippen LogP contribution is 2.09. The van der Waals surface area contributed by atoms with Gasteiger partial charge in [-0.15, -0.1) is 6.58 Å². The van der Waals surface area contributed by atoms with Gasteiger partial charge >= 0.3 is 0 Å². The average Bonchev–Trinajstić information content (AvgIpc) is 2.03. The Morgan fingerprint density at radius 2 is 1.85 bits per heavy atom. The zero-order valence-corrected chi connectivity index (χ0v) is 8.31. The quantitative estimate of drug-likeness (QED) is 0.622. The van der Waals surface area contributed by atoms with Crippen LogP contribution in [0.4, 0.5) is 5.95 Å². The number of hydrogen-bond donors (Lipinski definition) is 1. The summed E-state index contributed by atoms with van der Waals surface area (Å²) in [5.41, 5.74) is 0. The molecule has 70 valence electrons. The standard InChI is InChI=1S/C7H8Cl2N4/c1-2-3-4-10-7-12-5(8)11-6(9)13-7/h2H,1,3-4H2,(H,10,11,12,13). The third kappa shape index (κ3) is 3.57. The van der Waals surface area contributed by atoms with E-state index in [1.807, 2.05) is 0 Å². The molecule has 1 N–H and O–H groups in total. The van der Waals surface area contributed by atoms with Gasteiger partial charge in [-0.3, -0.25) is 0 Å². The Morgan fingerprint density at radius 1 is 1.23 bits per heavy atom. The summed E-state index contributed by atoms with van der Waals surface area (Å²) in [7, 11) is 0. The lowest BCUT2D eigenvalue weighted by molar-refractivity contribution is 0.984. The minimum Gasteiger partial charge on any atom is -0.354 e. The van der Waals surface area contributed by atoms with Crippen LogP contribution in [0, 0.1) is 0 Å². The lowest BCUT2D eigenvalue weighted by Crippen LogP contribution is -2.05. The van der Waals surface area contributed by atoms with E-state index in [0.717, 1.165) is 6.42 Å². The average molecular weight is 219 g/mol. The summed E-state index contributed by atoms with van der Waals surface area (Å²) in [5.74, 6) is 0.381. The number of rotatable bonds is 4. The Bertz CT molecular complexity index is 282. The highest BCUT2D eigenvalue weighted by Gasteiger charge is 2.00. The van der Waals surface area contributed by atoms with E-state index >= 15 is 0 Å². The number of nitrogens with zero attached hydrogens (tertiary/aromatic N) is 3. The van der Waals surface area contributed by atoms with Crippen molar-refractivity contribution in [1.82, 2.24) is 15.0 Å². The van der Waals surface area contributed by atoms with E-state index in [0.29, 0.717) is 12.5 Å². The molecule has 0 unspecified atom stereocenters. The molecule has 0 saturated heterocycles. The summed E-state index contributed by atoms with van der Waals surface area (Å²) in [6.07, 6.45) is 2.61. The minimum atomic E-state index is 0.0844. The van der Waals surface area contributed by atoms with E-state index in [2.05, 4.69) is 26.8 Å². The Morgan fingerprint density at radius 3 is 2.38 bits per heavy atom. The van der Waals surface area contributed by atoms with Crippen LogP contribution in [-0.4, -0.2) is 21.5 Å². The smallest absolute Gasteiger partial charge is 0.228 e. The molecule has 0 saturated carbocycles. The molecule has 0 atom stereocenters. The van der Waals surface area contributed by atoms with E-state index in [-0.39, 0.29) is 10.6 Å². The van der Waals surface area contributed by atoms with Gasteiger partial charge in [0, 0.05) is 6.54 Å². The van der Waals surface area contributed by atoms with Gasteiger partial charge in [-0.1, -0.05) is 6.08 Å². The first kappa shape index (κ1) is 10.2. The molecule has 0 fully saturated rings. The summed E-state index contributed by atoms with van der Waals surface area (Å²) < 4.78 is 0. The molecule has 0 radical (unpaired) electrons. The molecule has 1 rings (SSSR count). The largest absolute Gasteiger partial charge is 0.354 e. The van der Waals surface area contributed by atoms with E-state index in [4.69, 9.17) is 23.2 Å². The second-order valence-electron chi connectivity index (χ2n) is 2.20. The van der Waals surface area contributed by atoms with Crippen LogP contribution in [0.15, 0.2) is 12.7 Å². The van der Waals surface area contributed by atoms with Gasteiger partial charge in [-0.2, -0.15) is 15.0 Å². The van der Waals surface area contributed by atoms with Crippen molar-refractivity contribution in [2.75, 3.05) is 11.9 Å². The summed E-state index contributed by atoms with van der Waals surface area (Å²) in [5, 5.41) is 3.09. The number of hydrogen-bond acceptors (Lipinski definition) is 4. The SMILES string of the molecule is C=CCCNc1nc(Cl)nc(Cl)n1. The Labute approximate surface area is 86.0 Å². The normalized spacial score (nSPS) is 9.69. The number of nitrogens with one attached hydrogen (secondary N) is 1. The second-order valence-corrected chi connectivity index (χ2v) is 2.88. The zero-order chi connectivity index (χ0) is 9.68. The molecule has 4 nitrogen and oxygen atoms in total. The molecule has 0 aliphatic rings. The fourth-order valence-electron chi connectivity index (χ4n) is 0.691. The molecule has 13 heavy (non-hydrogen) atoms. The molecule has 0 amide bonds. The van der Waals surface area contributed by atoms with Crippen molar-refractivity contribution in [3.8, 4) is 0 Å². The van der Waals surface area contributed by atoms with Crippen LogP contribution >= 0.6 is 23.2 Å². The van der Waals surface area contributed by atoms with Crippen LogP contribution in [0.3, 0.4) is 0 Å². The van der Waals surface area contributed by atoms with E-state index in [1.165, 1.54) is 0 Å². The topological polar surface area (TPSA) is 50.7 Å². The van der Waals surface area contributed by atoms with Crippen molar-refractivity contribution in [3.05, 3.63) is 23.2 Å². The number of halogens is 2. The zero-order valence-electron chi connectivity index (χ0n) is 6.80. The molecule has 0 aromatic carbocycles. The molecule has 0 bridgehead atoms. The number of aromatic nitrogens is 3. The van der Waals surface area contributed by atoms with Gasteiger partial charge in [-0.05, 0) is 29.6 Å². The predicted octanol–water partition coefficient (Wildman–Crippen LogP) is 2.17. The highest BCUT2D eigenvalue weighted by molar-refractivity contribution is 6.31. The summed E-state index contributed by atoms with van der Waals surface area (Å²) >= 11 is 11.1. The lowest BCUT2D eigenvalue weighted by Gasteiger charge is -2.01. The molecule has 0 aliphatic heterocycles. The van der Waals surface area contributed by atoms with Gasteiger partial charge in [0.15, 0.2) is 0 Å². The molecular formula is C7H8Cl2N4.